The van der Waals surface area contributed by atoms with Gasteiger partial charge < -0.3 is 15.6 Å². The van der Waals surface area contributed by atoms with E-state index in [9.17, 15) is 5.11 Å². The Balaban J connectivity index is 1.71. The summed E-state index contributed by atoms with van der Waals surface area (Å²) < 4.78 is 5.81. The Hall–Kier alpha value is -1.84. The maximum atomic E-state index is 10.1. The lowest BCUT2D eigenvalue weighted by Crippen LogP contribution is -2.10. The summed E-state index contributed by atoms with van der Waals surface area (Å²) in [5.41, 5.74) is 9.30. The fourth-order valence-corrected chi connectivity index (χ4v) is 2.73. The average molecular weight is 269 g/mol. The minimum absolute atomic E-state index is 0.118. The highest BCUT2D eigenvalue weighted by molar-refractivity contribution is 5.45. The van der Waals surface area contributed by atoms with Crippen molar-refractivity contribution in [1.29, 1.82) is 0 Å². The van der Waals surface area contributed by atoms with Gasteiger partial charge in [0.2, 0.25) is 0 Å². The quantitative estimate of drug-likeness (QED) is 0.897. The van der Waals surface area contributed by atoms with Gasteiger partial charge in [-0.1, -0.05) is 42.5 Å². The van der Waals surface area contributed by atoms with Crippen LogP contribution in [0.4, 0.5) is 0 Å². The lowest BCUT2D eigenvalue weighted by atomic mass is 10.1. The molecule has 0 aliphatic heterocycles. The number of ether oxygens (including phenoxy) is 1. The first-order chi connectivity index (χ1) is 9.75. The number of fused-ring (bicyclic) bond motifs is 1. The molecule has 0 amide bonds. The number of hydrogen-bond donors (Lipinski definition) is 2. The van der Waals surface area contributed by atoms with Crippen LogP contribution in [0.1, 0.15) is 35.3 Å². The van der Waals surface area contributed by atoms with Crippen LogP contribution in [-0.4, -0.2) is 11.7 Å². The van der Waals surface area contributed by atoms with Crippen molar-refractivity contribution in [2.75, 3.05) is 6.61 Å². The van der Waals surface area contributed by atoms with Gasteiger partial charge in [0.1, 0.15) is 18.5 Å². The molecule has 2 aromatic rings. The number of hydrogen-bond acceptors (Lipinski definition) is 3. The van der Waals surface area contributed by atoms with Gasteiger partial charge in [0.25, 0.3) is 0 Å². The van der Waals surface area contributed by atoms with Gasteiger partial charge in [0.05, 0.1) is 0 Å². The Morgan fingerprint density at radius 1 is 1.15 bits per heavy atom. The van der Waals surface area contributed by atoms with Gasteiger partial charge in [-0.05, 0) is 35.6 Å². The van der Waals surface area contributed by atoms with Crippen molar-refractivity contribution in [3.63, 3.8) is 0 Å². The van der Waals surface area contributed by atoms with Crippen LogP contribution in [0.3, 0.4) is 0 Å². The van der Waals surface area contributed by atoms with E-state index in [2.05, 4.69) is 6.07 Å². The SMILES string of the molecule is NC1CCc2c(OCC(O)c3ccccc3)cccc21. The number of aliphatic hydroxyl groups excluding tert-OH is 1. The molecular formula is C17H19NO2. The molecule has 2 atom stereocenters. The predicted octanol–water partition coefficient (Wildman–Crippen LogP) is 2.75. The smallest absolute Gasteiger partial charge is 0.122 e. The molecule has 3 heteroatoms. The van der Waals surface area contributed by atoms with Crippen LogP contribution < -0.4 is 10.5 Å². The Morgan fingerprint density at radius 3 is 2.75 bits per heavy atom. The van der Waals surface area contributed by atoms with Crippen LogP contribution in [0.25, 0.3) is 0 Å². The summed E-state index contributed by atoms with van der Waals surface area (Å²) in [6.45, 7) is 0.260. The van der Waals surface area contributed by atoms with Crippen molar-refractivity contribution < 1.29 is 9.84 Å². The highest BCUT2D eigenvalue weighted by Gasteiger charge is 2.22. The zero-order valence-electron chi connectivity index (χ0n) is 11.3. The average Bonchev–Trinajstić information content (AvgIpc) is 2.88. The molecule has 3 nitrogen and oxygen atoms in total. The normalized spacial score (nSPS) is 18.6. The molecule has 0 saturated heterocycles. The van der Waals surface area contributed by atoms with E-state index in [4.69, 9.17) is 10.5 Å². The monoisotopic (exact) mass is 269 g/mol. The molecule has 0 spiro atoms. The van der Waals surface area contributed by atoms with Crippen molar-refractivity contribution in [2.45, 2.75) is 25.0 Å². The third kappa shape index (κ3) is 2.55. The van der Waals surface area contributed by atoms with Crippen LogP contribution in [0.2, 0.25) is 0 Å². The van der Waals surface area contributed by atoms with Crippen molar-refractivity contribution in [1.82, 2.24) is 0 Å². The predicted molar refractivity (Wildman–Crippen MR) is 78.6 cm³/mol. The number of benzene rings is 2. The molecule has 0 radical (unpaired) electrons. The Kier molecular flexibility index (Phi) is 3.72. The van der Waals surface area contributed by atoms with Gasteiger partial charge in [-0.15, -0.1) is 0 Å². The first kappa shape index (κ1) is 13.2. The van der Waals surface area contributed by atoms with Gasteiger partial charge in [0, 0.05) is 6.04 Å². The number of aliphatic hydroxyl groups is 1. The Bertz CT molecular complexity index is 583. The van der Waals surface area contributed by atoms with Crippen molar-refractivity contribution in [3.05, 3.63) is 65.2 Å². The highest BCUT2D eigenvalue weighted by Crippen LogP contribution is 2.35. The van der Waals surface area contributed by atoms with Gasteiger partial charge in [-0.3, -0.25) is 0 Å². The van der Waals surface area contributed by atoms with E-state index in [1.807, 2.05) is 42.5 Å². The second kappa shape index (κ2) is 5.65. The molecule has 0 bridgehead atoms. The van der Waals surface area contributed by atoms with Gasteiger partial charge >= 0.3 is 0 Å². The molecule has 0 saturated carbocycles. The molecule has 0 aromatic heterocycles. The summed E-state index contributed by atoms with van der Waals surface area (Å²) >= 11 is 0. The van der Waals surface area contributed by atoms with E-state index in [1.54, 1.807) is 0 Å². The maximum Gasteiger partial charge on any atom is 0.122 e. The summed E-state index contributed by atoms with van der Waals surface area (Å²) in [5, 5.41) is 10.1. The second-order valence-corrected chi connectivity index (χ2v) is 5.21. The van der Waals surface area contributed by atoms with Gasteiger partial charge in [-0.2, -0.15) is 0 Å². The number of rotatable bonds is 4. The van der Waals surface area contributed by atoms with Crippen LogP contribution in [0.5, 0.6) is 5.75 Å². The molecule has 1 aliphatic rings. The minimum Gasteiger partial charge on any atom is -0.490 e. The largest absolute Gasteiger partial charge is 0.490 e. The minimum atomic E-state index is -0.609. The van der Waals surface area contributed by atoms with Crippen molar-refractivity contribution in [3.8, 4) is 5.75 Å². The molecule has 20 heavy (non-hydrogen) atoms. The fraction of sp³-hybridized carbons (Fsp3) is 0.294. The first-order valence-corrected chi connectivity index (χ1v) is 6.99. The van der Waals surface area contributed by atoms with Gasteiger partial charge in [0.15, 0.2) is 0 Å². The topological polar surface area (TPSA) is 55.5 Å². The first-order valence-electron chi connectivity index (χ1n) is 6.99. The summed E-state index contributed by atoms with van der Waals surface area (Å²) in [5.74, 6) is 0.852. The van der Waals surface area contributed by atoms with Crippen LogP contribution in [-0.2, 0) is 6.42 Å². The maximum absolute atomic E-state index is 10.1. The van der Waals surface area contributed by atoms with Crippen LogP contribution >= 0.6 is 0 Å². The van der Waals surface area contributed by atoms with E-state index < -0.39 is 6.10 Å². The lowest BCUT2D eigenvalue weighted by molar-refractivity contribution is 0.107. The summed E-state index contributed by atoms with van der Waals surface area (Å²) in [6, 6.07) is 15.7. The highest BCUT2D eigenvalue weighted by atomic mass is 16.5. The Labute approximate surface area is 119 Å². The zero-order valence-corrected chi connectivity index (χ0v) is 11.3. The third-order valence-electron chi connectivity index (χ3n) is 3.86. The molecule has 2 unspecified atom stereocenters. The fourth-order valence-electron chi connectivity index (χ4n) is 2.73. The molecule has 3 rings (SSSR count). The standard InChI is InChI=1S/C17H19NO2/c18-15-10-9-14-13(15)7-4-8-17(14)20-11-16(19)12-5-2-1-3-6-12/h1-8,15-16,19H,9-11,18H2. The third-order valence-corrected chi connectivity index (χ3v) is 3.86. The second-order valence-electron chi connectivity index (χ2n) is 5.21. The van der Waals surface area contributed by atoms with Crippen molar-refractivity contribution >= 4 is 0 Å². The summed E-state index contributed by atoms with van der Waals surface area (Å²) in [7, 11) is 0. The van der Waals surface area contributed by atoms with Crippen molar-refractivity contribution in [2.24, 2.45) is 5.73 Å². The van der Waals surface area contributed by atoms with Crippen LogP contribution in [0, 0.1) is 0 Å². The molecular weight excluding hydrogens is 250 g/mol. The molecule has 3 N–H and O–H groups in total. The van der Waals surface area contributed by atoms with E-state index >= 15 is 0 Å². The van der Waals surface area contributed by atoms with Crippen LogP contribution in [0.15, 0.2) is 48.5 Å². The molecule has 0 heterocycles. The van der Waals surface area contributed by atoms with E-state index in [-0.39, 0.29) is 12.6 Å². The lowest BCUT2D eigenvalue weighted by Gasteiger charge is -2.15. The van der Waals surface area contributed by atoms with E-state index in [1.165, 1.54) is 11.1 Å². The van der Waals surface area contributed by atoms with E-state index in [0.717, 1.165) is 24.2 Å². The zero-order chi connectivity index (χ0) is 13.9. The summed E-state index contributed by atoms with van der Waals surface area (Å²) in [4.78, 5) is 0. The summed E-state index contributed by atoms with van der Waals surface area (Å²) in [6.07, 6.45) is 1.31. The molecule has 1 aliphatic carbocycles. The van der Waals surface area contributed by atoms with Gasteiger partial charge in [-0.25, -0.2) is 0 Å². The van der Waals surface area contributed by atoms with E-state index in [0.29, 0.717) is 0 Å². The molecule has 104 valence electrons. The molecule has 0 fully saturated rings. The Morgan fingerprint density at radius 2 is 1.95 bits per heavy atom. The number of nitrogens with two attached hydrogens (primary N) is 1. The molecule has 2 aromatic carbocycles.